The highest BCUT2D eigenvalue weighted by Gasteiger charge is 2.50. The van der Waals surface area contributed by atoms with Crippen molar-refractivity contribution in [2.45, 2.75) is 0 Å². The van der Waals surface area contributed by atoms with Crippen LogP contribution < -0.4 is 46.4 Å². The molecule has 12 rings (SSSR count). The molecule has 0 amide bonds. The number of aromatic nitrogens is 2. The molecule has 1 aliphatic heterocycles. The molecule has 6 heteroatoms. The van der Waals surface area contributed by atoms with Gasteiger partial charge < -0.3 is 0 Å². The molecule has 0 unspecified atom stereocenters. The highest BCUT2D eigenvalue weighted by atomic mass is 32.1. The van der Waals surface area contributed by atoms with Gasteiger partial charge in [0.25, 0.3) is 0 Å². The Kier molecular flexibility index (Phi) is 9.37. The summed E-state index contributed by atoms with van der Waals surface area (Å²) in [4.78, 5) is 12.7. The summed E-state index contributed by atoms with van der Waals surface area (Å²) >= 11 is 1.89. The molecule has 0 atom stereocenters. The second kappa shape index (κ2) is 15.7. The quantitative estimate of drug-likeness (QED) is 0.113. The van der Waals surface area contributed by atoms with Crippen LogP contribution in [0.1, 0.15) is 0 Å². The fourth-order valence-corrected chi connectivity index (χ4v) is 21.6. The lowest BCUT2D eigenvalue weighted by Gasteiger charge is -2.44. The number of thiophene rings is 1. The summed E-state index contributed by atoms with van der Waals surface area (Å²) in [5.41, 5.74) is 4.34. The normalized spacial score (nSPS) is 13.1. The summed E-state index contributed by atoms with van der Waals surface area (Å²) in [7, 11) is -5.97. The van der Waals surface area contributed by atoms with E-state index in [0.717, 1.165) is 22.8 Å². The lowest BCUT2D eigenvalue weighted by Crippen LogP contribution is -2.77. The predicted molar refractivity (Wildman–Crippen MR) is 276 cm³/mol. The van der Waals surface area contributed by atoms with E-state index in [1.807, 2.05) is 29.8 Å². The molecule has 302 valence electrons. The number of benzene rings is 8. The Balaban J connectivity index is 1.18. The zero-order valence-corrected chi connectivity index (χ0v) is 37.7. The third-order valence-corrected chi connectivity index (χ3v) is 23.9. The summed E-state index contributed by atoms with van der Waals surface area (Å²) in [5, 5.41) is 13.1. The van der Waals surface area contributed by atoms with E-state index in [9.17, 15) is 0 Å². The molecule has 3 nitrogen and oxygen atoms in total. The van der Waals surface area contributed by atoms with Crippen LogP contribution in [0.2, 0.25) is 0 Å². The zero-order valence-electron chi connectivity index (χ0n) is 34.9. The standard InChI is InChI=1S/C58H41N3SSi2/c1-5-22-44(23-6-1)63(45-24-7-2-8-25-45,48-30-17-20-42(38-48)52-33-15-16-36-59-52)49-31-18-21-43(39-49)61-53-40-51-50-32-13-14-34-54(50)62-55(51)41-57(53)64(46-26-9-3-10-27-46,47-28-11-4-12-29-47)56-35-19-37-60-58(56)61/h1-41H. The van der Waals surface area contributed by atoms with E-state index < -0.39 is 16.1 Å². The summed E-state index contributed by atoms with van der Waals surface area (Å²) < 4.78 is 2.60. The molecule has 0 spiro atoms. The van der Waals surface area contributed by atoms with Gasteiger partial charge >= 0.3 is 0 Å². The summed E-state index contributed by atoms with van der Waals surface area (Å²) in [6.07, 6.45) is 3.86. The molecule has 0 radical (unpaired) electrons. The molecular weight excluding hydrogens is 827 g/mol. The van der Waals surface area contributed by atoms with E-state index in [2.05, 4.69) is 235 Å². The maximum Gasteiger partial charge on any atom is 0.186 e. The fourth-order valence-electron chi connectivity index (χ4n) is 10.5. The number of pyridine rings is 2. The van der Waals surface area contributed by atoms with E-state index in [1.54, 1.807) is 0 Å². The first-order valence-electron chi connectivity index (χ1n) is 21.8. The average molecular weight is 868 g/mol. The van der Waals surface area contributed by atoms with E-state index in [1.165, 1.54) is 67.4 Å². The highest BCUT2D eigenvalue weighted by molar-refractivity contribution is 7.26. The van der Waals surface area contributed by atoms with Crippen molar-refractivity contribution in [3.8, 4) is 11.3 Å². The van der Waals surface area contributed by atoms with Crippen molar-refractivity contribution >= 4 is 106 Å². The van der Waals surface area contributed by atoms with Gasteiger partial charge in [0.2, 0.25) is 0 Å². The van der Waals surface area contributed by atoms with Crippen molar-refractivity contribution in [1.29, 1.82) is 0 Å². The first kappa shape index (κ1) is 38.2. The molecule has 0 saturated carbocycles. The molecule has 1 aliphatic rings. The van der Waals surface area contributed by atoms with Crippen LogP contribution in [0.5, 0.6) is 0 Å². The number of nitrogens with zero attached hydrogens (tertiary/aromatic N) is 3. The Morgan fingerprint density at radius 3 is 1.69 bits per heavy atom. The largest absolute Gasteiger partial charge is 0.295 e. The van der Waals surface area contributed by atoms with Gasteiger partial charge in [-0.2, -0.15) is 0 Å². The van der Waals surface area contributed by atoms with Gasteiger partial charge in [0.15, 0.2) is 16.1 Å². The van der Waals surface area contributed by atoms with Gasteiger partial charge in [0, 0.05) is 49.5 Å². The van der Waals surface area contributed by atoms with Gasteiger partial charge in [-0.15, -0.1) is 11.3 Å². The molecule has 3 aromatic heterocycles. The second-order valence-electron chi connectivity index (χ2n) is 16.5. The first-order valence-corrected chi connectivity index (χ1v) is 26.6. The van der Waals surface area contributed by atoms with Gasteiger partial charge in [-0.05, 0) is 90.0 Å². The van der Waals surface area contributed by atoms with Crippen LogP contribution in [-0.4, -0.2) is 26.1 Å². The van der Waals surface area contributed by atoms with E-state index >= 15 is 0 Å². The number of fused-ring (bicyclic) bond motifs is 5. The van der Waals surface area contributed by atoms with Crippen molar-refractivity contribution in [2.24, 2.45) is 0 Å². The Labute approximate surface area is 379 Å². The van der Waals surface area contributed by atoms with Crippen molar-refractivity contribution in [3.63, 3.8) is 0 Å². The maximum absolute atomic E-state index is 5.43. The molecule has 0 N–H and O–H groups in total. The molecule has 0 fully saturated rings. The zero-order chi connectivity index (χ0) is 42.5. The van der Waals surface area contributed by atoms with Crippen LogP contribution in [0, 0.1) is 0 Å². The summed E-state index contributed by atoms with van der Waals surface area (Å²) in [6.45, 7) is 0. The van der Waals surface area contributed by atoms with E-state index in [0.29, 0.717) is 0 Å². The van der Waals surface area contributed by atoms with Crippen molar-refractivity contribution < 1.29 is 0 Å². The number of anilines is 3. The Morgan fingerprint density at radius 2 is 1.00 bits per heavy atom. The minimum atomic E-state index is -3.01. The van der Waals surface area contributed by atoms with Gasteiger partial charge in [-0.3, -0.25) is 9.88 Å². The third-order valence-electron chi connectivity index (χ3n) is 13.2. The summed E-state index contributed by atoms with van der Waals surface area (Å²) in [6, 6.07) is 88.0. The molecule has 0 bridgehead atoms. The molecule has 11 aromatic rings. The van der Waals surface area contributed by atoms with Gasteiger partial charge in [-0.1, -0.05) is 188 Å². The Hall–Kier alpha value is -7.49. The maximum atomic E-state index is 5.43. The number of hydrogen-bond donors (Lipinski definition) is 0. The van der Waals surface area contributed by atoms with Gasteiger partial charge in [0.05, 0.1) is 5.69 Å². The molecular formula is C58H41N3SSi2. The lowest BCUT2D eigenvalue weighted by atomic mass is 10.1. The minimum absolute atomic E-state index is 0.964. The topological polar surface area (TPSA) is 29.0 Å². The molecule has 0 saturated heterocycles. The van der Waals surface area contributed by atoms with Crippen molar-refractivity contribution in [2.75, 3.05) is 4.90 Å². The predicted octanol–water partition coefficient (Wildman–Crippen LogP) is 9.05. The Morgan fingerprint density at radius 1 is 0.406 bits per heavy atom. The second-order valence-corrected chi connectivity index (χ2v) is 25.1. The lowest BCUT2D eigenvalue weighted by molar-refractivity contribution is 1.19. The van der Waals surface area contributed by atoms with Crippen LogP contribution in [-0.2, 0) is 0 Å². The molecule has 4 heterocycles. The SMILES string of the molecule is c1ccc([Si](c2ccccc2)(c2cccc(-c3ccccn3)c2)c2cccc(N3c4cc5c(cc4[Si](c4ccccc4)(c4ccccc4)c4cccnc43)sc3ccccc35)c2)cc1. The molecule has 8 aromatic carbocycles. The Bertz CT molecular complexity index is 3370. The smallest absolute Gasteiger partial charge is 0.186 e. The van der Waals surface area contributed by atoms with Crippen molar-refractivity contribution in [1.82, 2.24) is 9.97 Å². The van der Waals surface area contributed by atoms with Crippen molar-refractivity contribution in [3.05, 3.63) is 249 Å². The number of hydrogen-bond acceptors (Lipinski definition) is 4. The minimum Gasteiger partial charge on any atom is -0.295 e. The van der Waals surface area contributed by atoms with Crippen LogP contribution in [0.25, 0.3) is 31.4 Å². The third kappa shape index (κ3) is 5.91. The average Bonchev–Trinajstić information content (AvgIpc) is 3.74. The highest BCUT2D eigenvalue weighted by Crippen LogP contribution is 2.42. The fraction of sp³-hybridized carbons (Fsp3) is 0. The van der Waals surface area contributed by atoms with Gasteiger partial charge in [-0.25, -0.2) is 4.98 Å². The summed E-state index contributed by atoms with van der Waals surface area (Å²) in [5.74, 6) is 0.981. The van der Waals surface area contributed by atoms with Crippen LogP contribution in [0.3, 0.4) is 0 Å². The first-order chi connectivity index (χ1) is 31.7. The van der Waals surface area contributed by atoms with Crippen LogP contribution >= 0.6 is 11.3 Å². The van der Waals surface area contributed by atoms with Crippen LogP contribution in [0.15, 0.2) is 249 Å². The van der Waals surface area contributed by atoms with E-state index in [4.69, 9.17) is 9.97 Å². The molecule has 0 aliphatic carbocycles. The molecule has 64 heavy (non-hydrogen) atoms. The van der Waals surface area contributed by atoms with Crippen LogP contribution in [0.4, 0.5) is 17.2 Å². The number of rotatable bonds is 8. The monoisotopic (exact) mass is 867 g/mol. The van der Waals surface area contributed by atoms with E-state index in [-0.39, 0.29) is 0 Å². The van der Waals surface area contributed by atoms with Gasteiger partial charge in [0.1, 0.15) is 5.82 Å².